The quantitative estimate of drug-likeness (QED) is 0.532. The van der Waals surface area contributed by atoms with E-state index in [-0.39, 0.29) is 12.4 Å². The maximum atomic E-state index is 11.8. The lowest BCUT2D eigenvalue weighted by Crippen LogP contribution is -2.09. The zero-order valence-corrected chi connectivity index (χ0v) is 15.8. The molecule has 5 heteroatoms. The van der Waals surface area contributed by atoms with Gasteiger partial charge in [-0.3, -0.25) is 4.79 Å². The molecule has 130 valence electrons. The van der Waals surface area contributed by atoms with Gasteiger partial charge >= 0.3 is 5.97 Å². The number of furan rings is 1. The summed E-state index contributed by atoms with van der Waals surface area (Å²) in [5, 5.41) is 1.01. The first kappa shape index (κ1) is 17.5. The fraction of sp³-hybridized carbons (Fsp3) is 0.250. The predicted octanol–water partition coefficient (Wildman–Crippen LogP) is 5.19. The average Bonchev–Trinajstić information content (AvgIpc) is 2.97. The Hall–Kier alpha value is -2.27. The molecule has 0 aliphatic rings. The number of para-hydroxylation sites is 1. The van der Waals surface area contributed by atoms with Gasteiger partial charge in [-0.15, -0.1) is 0 Å². The third-order valence-corrected chi connectivity index (χ3v) is 4.41. The summed E-state index contributed by atoms with van der Waals surface area (Å²) in [7, 11) is 0. The number of benzene rings is 2. The predicted molar refractivity (Wildman–Crippen MR) is 99.8 cm³/mol. The van der Waals surface area contributed by atoms with Crippen LogP contribution in [0, 0.1) is 6.92 Å². The molecule has 0 spiro atoms. The van der Waals surface area contributed by atoms with Crippen molar-refractivity contribution in [2.45, 2.75) is 26.9 Å². The molecule has 4 nitrogen and oxygen atoms in total. The first-order valence-electron chi connectivity index (χ1n) is 8.11. The van der Waals surface area contributed by atoms with Gasteiger partial charge in [-0.05, 0) is 37.6 Å². The van der Waals surface area contributed by atoms with E-state index in [1.165, 1.54) is 0 Å². The van der Waals surface area contributed by atoms with E-state index in [9.17, 15) is 4.79 Å². The number of esters is 1. The molecule has 2 aromatic carbocycles. The topological polar surface area (TPSA) is 48.7 Å². The van der Waals surface area contributed by atoms with Crippen LogP contribution in [0.4, 0.5) is 0 Å². The number of carbonyl (C=O) groups excluding carboxylic acids is 1. The molecule has 0 aliphatic carbocycles. The summed E-state index contributed by atoms with van der Waals surface area (Å²) in [4.78, 5) is 11.8. The van der Waals surface area contributed by atoms with E-state index in [0.717, 1.165) is 37.9 Å². The Morgan fingerprint density at radius 2 is 2.04 bits per heavy atom. The normalized spacial score (nSPS) is 10.8. The first-order chi connectivity index (χ1) is 12.1. The Bertz CT molecular complexity index is 898. The summed E-state index contributed by atoms with van der Waals surface area (Å²) in [6.07, 6.45) is 1.91. The lowest BCUT2D eigenvalue weighted by Gasteiger charge is -2.13. The van der Waals surface area contributed by atoms with Crippen LogP contribution < -0.4 is 4.74 Å². The Balaban J connectivity index is 1.82. The standard InChI is InChI=1S/C20H19BrO4/c1-3-23-19(22)9-14-6-4-5-13(2)20(14)25-12-15-11-24-18-8-7-16(21)10-17(15)18/h4-8,10-11H,3,9,12H2,1-2H3. The van der Waals surface area contributed by atoms with E-state index in [2.05, 4.69) is 15.9 Å². The van der Waals surface area contributed by atoms with Crippen LogP contribution in [0.25, 0.3) is 11.0 Å². The SMILES string of the molecule is CCOC(=O)Cc1cccc(C)c1OCc1coc2ccc(Br)cc12. The van der Waals surface area contributed by atoms with Crippen molar-refractivity contribution < 1.29 is 18.7 Å². The minimum absolute atomic E-state index is 0.197. The van der Waals surface area contributed by atoms with Gasteiger partial charge in [0.2, 0.25) is 0 Å². The summed E-state index contributed by atoms with van der Waals surface area (Å²) < 4.78 is 17.7. The van der Waals surface area contributed by atoms with Gasteiger partial charge in [-0.1, -0.05) is 34.1 Å². The Morgan fingerprint density at radius 3 is 2.84 bits per heavy atom. The molecule has 0 aliphatic heterocycles. The van der Waals surface area contributed by atoms with E-state index in [1.807, 2.05) is 43.3 Å². The number of halogens is 1. The number of ether oxygens (including phenoxy) is 2. The van der Waals surface area contributed by atoms with Crippen LogP contribution in [-0.2, 0) is 22.6 Å². The van der Waals surface area contributed by atoms with Crippen LogP contribution in [0.1, 0.15) is 23.6 Å². The lowest BCUT2D eigenvalue weighted by molar-refractivity contribution is -0.142. The van der Waals surface area contributed by atoms with Crippen LogP contribution in [-0.4, -0.2) is 12.6 Å². The molecule has 0 saturated heterocycles. The van der Waals surface area contributed by atoms with Crippen LogP contribution in [0.15, 0.2) is 51.6 Å². The molecule has 25 heavy (non-hydrogen) atoms. The number of fused-ring (bicyclic) bond motifs is 1. The van der Waals surface area contributed by atoms with Gasteiger partial charge in [0.25, 0.3) is 0 Å². The maximum absolute atomic E-state index is 11.8. The summed E-state index contributed by atoms with van der Waals surface area (Å²) in [6, 6.07) is 11.6. The van der Waals surface area contributed by atoms with Gasteiger partial charge in [-0.25, -0.2) is 0 Å². The van der Waals surface area contributed by atoms with E-state index in [1.54, 1.807) is 13.2 Å². The average molecular weight is 403 g/mol. The van der Waals surface area contributed by atoms with E-state index < -0.39 is 0 Å². The molecule has 0 bridgehead atoms. The highest BCUT2D eigenvalue weighted by Gasteiger charge is 2.14. The Labute approximate surface area is 154 Å². The number of carbonyl (C=O) groups is 1. The molecule has 0 atom stereocenters. The molecule has 0 amide bonds. The number of rotatable bonds is 6. The first-order valence-corrected chi connectivity index (χ1v) is 8.90. The third-order valence-electron chi connectivity index (χ3n) is 3.92. The zero-order chi connectivity index (χ0) is 17.8. The van der Waals surface area contributed by atoms with Crippen LogP contribution in [0.3, 0.4) is 0 Å². The molecule has 3 rings (SSSR count). The van der Waals surface area contributed by atoms with Crippen LogP contribution >= 0.6 is 15.9 Å². The minimum Gasteiger partial charge on any atom is -0.488 e. The van der Waals surface area contributed by atoms with Gasteiger partial charge in [0, 0.05) is 21.0 Å². The highest BCUT2D eigenvalue weighted by molar-refractivity contribution is 9.10. The summed E-state index contributed by atoms with van der Waals surface area (Å²) >= 11 is 3.48. The van der Waals surface area contributed by atoms with E-state index in [4.69, 9.17) is 13.9 Å². The molecular formula is C20H19BrO4. The molecule has 3 aromatic rings. The fourth-order valence-corrected chi connectivity index (χ4v) is 3.10. The van der Waals surface area contributed by atoms with Crippen molar-refractivity contribution in [3.8, 4) is 5.75 Å². The lowest BCUT2D eigenvalue weighted by atomic mass is 10.1. The highest BCUT2D eigenvalue weighted by atomic mass is 79.9. The van der Waals surface area contributed by atoms with Gasteiger partial charge in [0.05, 0.1) is 19.3 Å². The van der Waals surface area contributed by atoms with Crippen molar-refractivity contribution in [3.05, 3.63) is 63.8 Å². The maximum Gasteiger partial charge on any atom is 0.310 e. The summed E-state index contributed by atoms with van der Waals surface area (Å²) in [5.74, 6) is 0.468. The van der Waals surface area contributed by atoms with Crippen molar-refractivity contribution in [1.82, 2.24) is 0 Å². The van der Waals surface area contributed by atoms with Crippen molar-refractivity contribution in [1.29, 1.82) is 0 Å². The summed E-state index contributed by atoms with van der Waals surface area (Å²) in [6.45, 7) is 4.50. The number of hydrogen-bond donors (Lipinski definition) is 0. The smallest absolute Gasteiger partial charge is 0.310 e. The molecule has 0 fully saturated rings. The third kappa shape index (κ3) is 4.04. The van der Waals surface area contributed by atoms with Gasteiger partial charge in [-0.2, -0.15) is 0 Å². The van der Waals surface area contributed by atoms with Crippen molar-refractivity contribution in [2.24, 2.45) is 0 Å². The van der Waals surface area contributed by atoms with Crippen molar-refractivity contribution >= 4 is 32.9 Å². The fourth-order valence-electron chi connectivity index (χ4n) is 2.74. The van der Waals surface area contributed by atoms with Crippen molar-refractivity contribution in [3.63, 3.8) is 0 Å². The second kappa shape index (κ2) is 7.74. The van der Waals surface area contributed by atoms with Gasteiger partial charge in [0.1, 0.15) is 17.9 Å². The van der Waals surface area contributed by atoms with E-state index in [0.29, 0.717) is 13.2 Å². The second-order valence-corrected chi connectivity index (χ2v) is 6.65. The molecule has 1 aromatic heterocycles. The zero-order valence-electron chi connectivity index (χ0n) is 14.2. The molecule has 0 N–H and O–H groups in total. The molecule has 0 saturated carbocycles. The molecule has 0 unspecified atom stereocenters. The minimum atomic E-state index is -0.254. The summed E-state index contributed by atoms with van der Waals surface area (Å²) in [5.41, 5.74) is 3.59. The number of hydrogen-bond acceptors (Lipinski definition) is 4. The van der Waals surface area contributed by atoms with Crippen LogP contribution in [0.5, 0.6) is 5.75 Å². The molecule has 1 heterocycles. The molecule has 0 radical (unpaired) electrons. The Kier molecular flexibility index (Phi) is 5.43. The van der Waals surface area contributed by atoms with Gasteiger partial charge in [0.15, 0.2) is 0 Å². The number of aryl methyl sites for hydroxylation is 1. The Morgan fingerprint density at radius 1 is 1.20 bits per heavy atom. The van der Waals surface area contributed by atoms with Crippen LogP contribution in [0.2, 0.25) is 0 Å². The second-order valence-electron chi connectivity index (χ2n) is 5.74. The largest absolute Gasteiger partial charge is 0.488 e. The van der Waals surface area contributed by atoms with Crippen molar-refractivity contribution in [2.75, 3.05) is 6.61 Å². The van der Waals surface area contributed by atoms with E-state index >= 15 is 0 Å². The van der Waals surface area contributed by atoms with Gasteiger partial charge < -0.3 is 13.9 Å². The molecular weight excluding hydrogens is 384 g/mol. The highest BCUT2D eigenvalue weighted by Crippen LogP contribution is 2.29. The monoisotopic (exact) mass is 402 g/mol.